The topological polar surface area (TPSA) is 143 Å². The van der Waals surface area contributed by atoms with Crippen LogP contribution in [-0.2, 0) is 32.1 Å². The Bertz CT molecular complexity index is 1320. The van der Waals surface area contributed by atoms with Gasteiger partial charge in [-0.15, -0.1) is 0 Å². The number of carbonyl (C=O) groups is 4. The number of phenolic OH excluding ortho intramolecular Hbond substituents is 1. The van der Waals surface area contributed by atoms with E-state index in [2.05, 4.69) is 16.0 Å². The fraction of sp³-hybridized carbons (Fsp3) is 0.267. The summed E-state index contributed by atoms with van der Waals surface area (Å²) in [5, 5.41) is 17.3. The van der Waals surface area contributed by atoms with E-state index in [9.17, 15) is 24.3 Å². The molecule has 0 aromatic heterocycles. The molecule has 0 fully saturated rings. The molecule has 3 rings (SSSR count). The molecule has 0 aliphatic carbocycles. The third kappa shape index (κ3) is 9.79. The number of amides is 3. The fourth-order valence-electron chi connectivity index (χ4n) is 3.57. The molecule has 3 amide bonds. The van der Waals surface area contributed by atoms with Crippen LogP contribution in [0.2, 0.25) is 0 Å². The Morgan fingerprint density at radius 1 is 0.850 bits per heavy atom. The van der Waals surface area contributed by atoms with Gasteiger partial charge in [0, 0.05) is 6.42 Å². The minimum atomic E-state index is -1.07. The molecule has 4 N–H and O–H groups in total. The van der Waals surface area contributed by atoms with Crippen molar-refractivity contribution in [3.05, 3.63) is 95.6 Å². The normalized spacial score (nSPS) is 11.6. The van der Waals surface area contributed by atoms with Crippen molar-refractivity contribution >= 4 is 29.6 Å². The van der Waals surface area contributed by atoms with Gasteiger partial charge < -0.3 is 30.5 Å². The largest absolute Gasteiger partial charge is 0.508 e. The van der Waals surface area contributed by atoms with Gasteiger partial charge in [-0.05, 0) is 56.2 Å². The third-order valence-corrected chi connectivity index (χ3v) is 5.45. The highest BCUT2D eigenvalue weighted by molar-refractivity contribution is 6.05. The van der Waals surface area contributed by atoms with Gasteiger partial charge >= 0.3 is 12.1 Å². The molecule has 40 heavy (non-hydrogen) atoms. The van der Waals surface area contributed by atoms with Gasteiger partial charge in [0.2, 0.25) is 5.91 Å². The number of aromatic hydroxyl groups is 1. The van der Waals surface area contributed by atoms with Crippen LogP contribution < -0.4 is 16.0 Å². The van der Waals surface area contributed by atoms with Crippen LogP contribution >= 0.6 is 0 Å². The standard InChI is InChI=1S/C30H33N3O7/c1-30(2,3)40-29(38)33-25(17-20-13-15-22(34)16-14-20)28(37)32-24-12-8-7-11-23(24)27(36)31-18-26(35)39-19-21-9-5-4-6-10-21/h4-16,25,34H,17-19H2,1-3H3,(H,31,36)(H,32,37)(H,33,38)/t25-/m0/s1. The number of carbonyl (C=O) groups excluding carboxylic acids is 4. The van der Waals surface area contributed by atoms with Crippen molar-refractivity contribution in [2.45, 2.75) is 45.4 Å². The molecule has 10 nitrogen and oxygen atoms in total. The number of para-hydroxylation sites is 1. The Labute approximate surface area is 232 Å². The van der Waals surface area contributed by atoms with E-state index >= 15 is 0 Å². The maximum atomic E-state index is 13.3. The molecule has 0 aliphatic heterocycles. The summed E-state index contributed by atoms with van der Waals surface area (Å²) < 4.78 is 10.5. The van der Waals surface area contributed by atoms with E-state index in [1.54, 1.807) is 45.0 Å². The highest BCUT2D eigenvalue weighted by Gasteiger charge is 2.26. The molecule has 10 heteroatoms. The smallest absolute Gasteiger partial charge is 0.408 e. The number of anilines is 1. The highest BCUT2D eigenvalue weighted by atomic mass is 16.6. The average molecular weight is 548 g/mol. The molecular formula is C30H33N3O7. The van der Waals surface area contributed by atoms with Crippen LogP contribution in [0.3, 0.4) is 0 Å². The minimum Gasteiger partial charge on any atom is -0.508 e. The number of nitrogens with one attached hydrogen (secondary N) is 3. The SMILES string of the molecule is CC(C)(C)OC(=O)N[C@@H](Cc1ccc(O)cc1)C(=O)Nc1ccccc1C(=O)NCC(=O)OCc1ccccc1. The van der Waals surface area contributed by atoms with Crippen LogP contribution in [0.15, 0.2) is 78.9 Å². The molecule has 1 atom stereocenters. The van der Waals surface area contributed by atoms with Crippen LogP contribution in [-0.4, -0.2) is 47.2 Å². The van der Waals surface area contributed by atoms with Crippen LogP contribution in [0.25, 0.3) is 0 Å². The molecule has 0 saturated heterocycles. The van der Waals surface area contributed by atoms with E-state index in [-0.39, 0.29) is 36.6 Å². The summed E-state index contributed by atoms with van der Waals surface area (Å²) in [5.74, 6) is -1.74. The lowest BCUT2D eigenvalue weighted by Gasteiger charge is -2.23. The molecule has 0 saturated carbocycles. The highest BCUT2D eigenvalue weighted by Crippen LogP contribution is 2.17. The van der Waals surface area contributed by atoms with E-state index < -0.39 is 35.5 Å². The molecule has 0 heterocycles. The summed E-state index contributed by atoms with van der Waals surface area (Å²) in [7, 11) is 0. The molecule has 0 bridgehead atoms. The number of hydrogen-bond donors (Lipinski definition) is 4. The molecule has 210 valence electrons. The maximum Gasteiger partial charge on any atom is 0.408 e. The predicted molar refractivity (Wildman–Crippen MR) is 149 cm³/mol. The van der Waals surface area contributed by atoms with Crippen molar-refractivity contribution in [2.75, 3.05) is 11.9 Å². The molecular weight excluding hydrogens is 514 g/mol. The van der Waals surface area contributed by atoms with E-state index in [0.29, 0.717) is 5.56 Å². The van der Waals surface area contributed by atoms with Gasteiger partial charge in [-0.2, -0.15) is 0 Å². The number of rotatable bonds is 10. The second-order valence-corrected chi connectivity index (χ2v) is 9.93. The zero-order chi connectivity index (χ0) is 29.1. The molecule has 0 spiro atoms. The first-order valence-electron chi connectivity index (χ1n) is 12.7. The van der Waals surface area contributed by atoms with E-state index in [1.807, 2.05) is 30.3 Å². The second-order valence-electron chi connectivity index (χ2n) is 9.93. The Kier molecular flexibility index (Phi) is 10.2. The van der Waals surface area contributed by atoms with Gasteiger partial charge in [0.25, 0.3) is 5.91 Å². The number of hydrogen-bond acceptors (Lipinski definition) is 7. The summed E-state index contributed by atoms with van der Waals surface area (Å²) in [4.78, 5) is 50.8. The van der Waals surface area contributed by atoms with Gasteiger partial charge in [-0.1, -0.05) is 54.6 Å². The minimum absolute atomic E-state index is 0.0636. The monoisotopic (exact) mass is 547 g/mol. The second kappa shape index (κ2) is 13.8. The van der Waals surface area contributed by atoms with Gasteiger partial charge in [-0.25, -0.2) is 4.79 Å². The Morgan fingerprint density at radius 3 is 2.17 bits per heavy atom. The number of ether oxygens (including phenoxy) is 2. The molecule has 3 aromatic carbocycles. The van der Waals surface area contributed by atoms with Crippen LogP contribution in [0.4, 0.5) is 10.5 Å². The maximum absolute atomic E-state index is 13.3. The fourth-order valence-corrected chi connectivity index (χ4v) is 3.57. The van der Waals surface area contributed by atoms with Crippen LogP contribution in [0.1, 0.15) is 42.3 Å². The van der Waals surface area contributed by atoms with Crippen LogP contribution in [0, 0.1) is 0 Å². The first-order valence-corrected chi connectivity index (χ1v) is 12.7. The zero-order valence-corrected chi connectivity index (χ0v) is 22.6. The summed E-state index contributed by atoms with van der Waals surface area (Å²) in [6, 6.07) is 20.6. The lowest BCUT2D eigenvalue weighted by atomic mass is 10.0. The lowest BCUT2D eigenvalue weighted by Crippen LogP contribution is -2.47. The van der Waals surface area contributed by atoms with E-state index in [1.165, 1.54) is 24.3 Å². The first-order chi connectivity index (χ1) is 19.0. The summed E-state index contributed by atoms with van der Waals surface area (Å²) in [6.07, 6.45) is -0.695. The third-order valence-electron chi connectivity index (χ3n) is 5.45. The van der Waals surface area contributed by atoms with Crippen molar-refractivity contribution in [2.24, 2.45) is 0 Å². The number of esters is 1. The summed E-state index contributed by atoms with van der Waals surface area (Å²) >= 11 is 0. The van der Waals surface area contributed by atoms with Crippen molar-refractivity contribution in [1.82, 2.24) is 10.6 Å². The van der Waals surface area contributed by atoms with Gasteiger partial charge in [0.05, 0.1) is 11.3 Å². The number of phenols is 1. The zero-order valence-electron chi connectivity index (χ0n) is 22.6. The van der Waals surface area contributed by atoms with Gasteiger partial charge in [-0.3, -0.25) is 14.4 Å². The van der Waals surface area contributed by atoms with E-state index in [0.717, 1.165) is 5.56 Å². The van der Waals surface area contributed by atoms with Gasteiger partial charge in [0.1, 0.15) is 30.5 Å². The van der Waals surface area contributed by atoms with Crippen molar-refractivity contribution < 1.29 is 33.8 Å². The number of alkyl carbamates (subject to hydrolysis) is 1. The first kappa shape index (κ1) is 29.7. The predicted octanol–water partition coefficient (Wildman–Crippen LogP) is 3.94. The lowest BCUT2D eigenvalue weighted by molar-refractivity contribution is -0.143. The van der Waals surface area contributed by atoms with Crippen molar-refractivity contribution in [3.8, 4) is 5.75 Å². The average Bonchev–Trinajstić information content (AvgIpc) is 2.91. The van der Waals surface area contributed by atoms with Gasteiger partial charge in [0.15, 0.2) is 0 Å². The van der Waals surface area contributed by atoms with E-state index in [4.69, 9.17) is 9.47 Å². The quantitative estimate of drug-likeness (QED) is 0.282. The Morgan fingerprint density at radius 2 is 1.50 bits per heavy atom. The molecule has 0 aliphatic rings. The Balaban J connectivity index is 1.67. The molecule has 0 radical (unpaired) electrons. The molecule has 3 aromatic rings. The molecule has 0 unspecified atom stereocenters. The van der Waals surface area contributed by atoms with Crippen molar-refractivity contribution in [1.29, 1.82) is 0 Å². The summed E-state index contributed by atoms with van der Waals surface area (Å²) in [5.41, 5.74) is 1.01. The van der Waals surface area contributed by atoms with Crippen LogP contribution in [0.5, 0.6) is 5.75 Å². The summed E-state index contributed by atoms with van der Waals surface area (Å²) in [6.45, 7) is 4.82. The Hall–Kier alpha value is -4.86. The number of benzene rings is 3. The van der Waals surface area contributed by atoms with Crippen molar-refractivity contribution in [3.63, 3.8) is 0 Å².